The Labute approximate surface area is 118 Å². The van der Waals surface area contributed by atoms with E-state index in [1.54, 1.807) is 18.2 Å². The summed E-state index contributed by atoms with van der Waals surface area (Å²) < 4.78 is 20.0. The van der Waals surface area contributed by atoms with E-state index in [0.29, 0.717) is 24.4 Å². The van der Waals surface area contributed by atoms with Gasteiger partial charge in [-0.2, -0.15) is 0 Å². The van der Waals surface area contributed by atoms with Gasteiger partial charge in [0.1, 0.15) is 5.82 Å². The van der Waals surface area contributed by atoms with Gasteiger partial charge in [0.05, 0.1) is 11.1 Å². The van der Waals surface area contributed by atoms with Crippen molar-refractivity contribution in [1.29, 1.82) is 0 Å². The van der Waals surface area contributed by atoms with E-state index >= 15 is 0 Å². The molecule has 1 saturated carbocycles. The van der Waals surface area contributed by atoms with Gasteiger partial charge in [0.2, 0.25) is 0 Å². The Balaban J connectivity index is 1.88. The lowest BCUT2D eigenvalue weighted by atomic mass is 9.74. The van der Waals surface area contributed by atoms with Crippen molar-refractivity contribution in [3.05, 3.63) is 34.6 Å². The maximum atomic E-state index is 14.1. The number of nitrogens with two attached hydrogens (primary N) is 1. The molecule has 1 aromatic carbocycles. The molecular formula is C15H19ClFNO. The fraction of sp³-hybridized carbons (Fsp3) is 0.600. The van der Waals surface area contributed by atoms with Crippen LogP contribution in [0.2, 0.25) is 5.02 Å². The molecule has 0 aromatic heterocycles. The summed E-state index contributed by atoms with van der Waals surface area (Å²) in [4.78, 5) is 0. The van der Waals surface area contributed by atoms with E-state index in [9.17, 15) is 4.39 Å². The van der Waals surface area contributed by atoms with Crippen molar-refractivity contribution in [2.24, 2.45) is 17.1 Å². The van der Waals surface area contributed by atoms with Crippen LogP contribution in [0.5, 0.6) is 0 Å². The molecule has 2 nitrogen and oxygen atoms in total. The Morgan fingerprint density at radius 2 is 2.21 bits per heavy atom. The van der Waals surface area contributed by atoms with Crippen LogP contribution in [0.4, 0.5) is 4.39 Å². The van der Waals surface area contributed by atoms with Gasteiger partial charge in [0.15, 0.2) is 0 Å². The van der Waals surface area contributed by atoms with E-state index in [4.69, 9.17) is 22.1 Å². The van der Waals surface area contributed by atoms with Gasteiger partial charge in [-0.3, -0.25) is 0 Å². The van der Waals surface area contributed by atoms with Crippen LogP contribution in [0, 0.1) is 17.2 Å². The van der Waals surface area contributed by atoms with Crippen LogP contribution < -0.4 is 5.73 Å². The normalized spacial score (nSPS) is 30.8. The van der Waals surface area contributed by atoms with Crippen LogP contribution >= 0.6 is 11.6 Å². The second-order valence-corrected chi connectivity index (χ2v) is 6.24. The Kier molecular flexibility index (Phi) is 3.54. The van der Waals surface area contributed by atoms with Gasteiger partial charge in [-0.1, -0.05) is 23.7 Å². The summed E-state index contributed by atoms with van der Waals surface area (Å²) in [5.41, 5.74) is 6.57. The summed E-state index contributed by atoms with van der Waals surface area (Å²) >= 11 is 5.86. The molecule has 4 heteroatoms. The molecule has 1 aliphatic heterocycles. The minimum Gasteiger partial charge on any atom is -0.377 e. The highest BCUT2D eigenvalue weighted by molar-refractivity contribution is 6.30. The molecule has 19 heavy (non-hydrogen) atoms. The van der Waals surface area contributed by atoms with Gasteiger partial charge < -0.3 is 10.5 Å². The summed E-state index contributed by atoms with van der Waals surface area (Å²) in [5.74, 6) is 0.312. The van der Waals surface area contributed by atoms with Gasteiger partial charge in [0, 0.05) is 18.6 Å². The first-order valence-corrected chi connectivity index (χ1v) is 7.29. The zero-order chi connectivity index (χ0) is 13.5. The minimum atomic E-state index is -0.307. The van der Waals surface area contributed by atoms with Crippen LogP contribution in [0.25, 0.3) is 0 Å². The summed E-state index contributed by atoms with van der Waals surface area (Å²) in [6, 6.07) is 5.19. The fourth-order valence-corrected chi connectivity index (χ4v) is 3.48. The average molecular weight is 284 g/mol. The molecule has 2 N–H and O–H groups in total. The number of hydrogen-bond acceptors (Lipinski definition) is 2. The van der Waals surface area contributed by atoms with Gasteiger partial charge in [-0.15, -0.1) is 0 Å². The molecule has 0 amide bonds. The predicted molar refractivity (Wildman–Crippen MR) is 73.7 cm³/mol. The average Bonchev–Trinajstić information content (AvgIpc) is 3.17. The molecule has 1 aromatic rings. The number of benzene rings is 1. The molecule has 1 heterocycles. The van der Waals surface area contributed by atoms with Crippen molar-refractivity contribution in [3.63, 3.8) is 0 Å². The Bertz CT molecular complexity index is 477. The Hall–Kier alpha value is -0.640. The SMILES string of the molecule is NCC1(Cc2cccc(Cl)c2F)CCOC1C1CC1. The zero-order valence-electron chi connectivity index (χ0n) is 10.9. The van der Waals surface area contributed by atoms with Gasteiger partial charge >= 0.3 is 0 Å². The smallest absolute Gasteiger partial charge is 0.144 e. The lowest BCUT2D eigenvalue weighted by molar-refractivity contribution is 0.0341. The highest BCUT2D eigenvalue weighted by atomic mass is 35.5. The Morgan fingerprint density at radius 1 is 1.42 bits per heavy atom. The van der Waals surface area contributed by atoms with Crippen molar-refractivity contribution in [1.82, 2.24) is 0 Å². The van der Waals surface area contributed by atoms with E-state index < -0.39 is 0 Å². The highest BCUT2D eigenvalue weighted by Crippen LogP contribution is 2.49. The third kappa shape index (κ3) is 2.39. The molecule has 2 atom stereocenters. The second kappa shape index (κ2) is 5.04. The highest BCUT2D eigenvalue weighted by Gasteiger charge is 2.50. The maximum absolute atomic E-state index is 14.1. The largest absolute Gasteiger partial charge is 0.377 e. The first-order valence-electron chi connectivity index (χ1n) is 6.91. The van der Waals surface area contributed by atoms with Crippen LogP contribution in [0.15, 0.2) is 18.2 Å². The maximum Gasteiger partial charge on any atom is 0.144 e. The number of hydrogen-bond donors (Lipinski definition) is 1. The minimum absolute atomic E-state index is 0.118. The van der Waals surface area contributed by atoms with E-state index in [1.165, 1.54) is 12.8 Å². The van der Waals surface area contributed by atoms with Crippen molar-refractivity contribution in [2.45, 2.75) is 31.8 Å². The Morgan fingerprint density at radius 3 is 2.89 bits per heavy atom. The topological polar surface area (TPSA) is 35.2 Å². The molecular weight excluding hydrogens is 265 g/mol. The van der Waals surface area contributed by atoms with Crippen molar-refractivity contribution in [3.8, 4) is 0 Å². The number of ether oxygens (including phenoxy) is 1. The molecule has 104 valence electrons. The quantitative estimate of drug-likeness (QED) is 0.921. The molecule has 0 radical (unpaired) electrons. The predicted octanol–water partition coefficient (Wildman–Crippen LogP) is 3.17. The summed E-state index contributed by atoms with van der Waals surface area (Å²) in [6.45, 7) is 1.28. The van der Waals surface area contributed by atoms with E-state index in [1.807, 2.05) is 0 Å². The zero-order valence-corrected chi connectivity index (χ0v) is 11.6. The van der Waals surface area contributed by atoms with Gasteiger partial charge in [-0.05, 0) is 43.2 Å². The molecule has 0 spiro atoms. The lowest BCUT2D eigenvalue weighted by Gasteiger charge is -2.33. The van der Waals surface area contributed by atoms with Crippen LogP contribution in [-0.4, -0.2) is 19.3 Å². The molecule has 2 unspecified atom stereocenters. The first kappa shape index (κ1) is 13.3. The monoisotopic (exact) mass is 283 g/mol. The molecule has 3 rings (SSSR count). The molecule has 2 aliphatic rings. The summed E-state index contributed by atoms with van der Waals surface area (Å²) in [6.07, 6.45) is 4.15. The van der Waals surface area contributed by atoms with Crippen molar-refractivity contribution in [2.75, 3.05) is 13.2 Å². The number of rotatable bonds is 4. The van der Waals surface area contributed by atoms with Crippen molar-refractivity contribution < 1.29 is 9.13 Å². The van der Waals surface area contributed by atoms with E-state index in [0.717, 1.165) is 13.0 Å². The summed E-state index contributed by atoms with van der Waals surface area (Å²) in [7, 11) is 0. The lowest BCUT2D eigenvalue weighted by Crippen LogP contribution is -2.41. The van der Waals surface area contributed by atoms with Crippen molar-refractivity contribution >= 4 is 11.6 Å². The third-order valence-corrected chi connectivity index (χ3v) is 4.82. The second-order valence-electron chi connectivity index (χ2n) is 5.84. The van der Waals surface area contributed by atoms with E-state index in [-0.39, 0.29) is 22.4 Å². The molecule has 0 bridgehead atoms. The number of halogens is 2. The van der Waals surface area contributed by atoms with Crippen LogP contribution in [0.3, 0.4) is 0 Å². The van der Waals surface area contributed by atoms with Gasteiger partial charge in [0.25, 0.3) is 0 Å². The first-order chi connectivity index (χ1) is 9.16. The molecule has 1 aliphatic carbocycles. The standard InChI is InChI=1S/C15H19ClFNO/c16-12-3-1-2-11(13(12)17)8-15(9-18)6-7-19-14(15)10-4-5-10/h1-3,10,14H,4-9,18H2. The van der Waals surface area contributed by atoms with Crippen LogP contribution in [-0.2, 0) is 11.2 Å². The summed E-state index contributed by atoms with van der Waals surface area (Å²) in [5, 5.41) is 0.187. The third-order valence-electron chi connectivity index (χ3n) is 4.53. The van der Waals surface area contributed by atoms with Gasteiger partial charge in [-0.25, -0.2) is 4.39 Å². The molecule has 1 saturated heterocycles. The van der Waals surface area contributed by atoms with E-state index in [2.05, 4.69) is 0 Å². The molecule has 2 fully saturated rings. The fourth-order valence-electron chi connectivity index (χ4n) is 3.29. The van der Waals surface area contributed by atoms with Crippen LogP contribution in [0.1, 0.15) is 24.8 Å².